The molecule has 0 saturated heterocycles. The van der Waals surface area contributed by atoms with Crippen LogP contribution in [0.5, 0.6) is 0 Å². The maximum absolute atomic E-state index is 12.1. The van der Waals surface area contributed by atoms with E-state index in [1.165, 1.54) is 35.8 Å². The third-order valence-corrected chi connectivity index (χ3v) is 4.76. The number of rotatable bonds is 5. The van der Waals surface area contributed by atoms with Gasteiger partial charge in [-0.05, 0) is 36.4 Å². The van der Waals surface area contributed by atoms with Crippen molar-refractivity contribution in [3.8, 4) is 10.8 Å². The number of hydrazine groups is 1. The van der Waals surface area contributed by atoms with Gasteiger partial charge in [0, 0.05) is 0 Å². The topological polar surface area (TPSA) is 124 Å². The molecule has 1 aromatic carbocycles. The Labute approximate surface area is 167 Å². The van der Waals surface area contributed by atoms with Gasteiger partial charge >= 0.3 is 11.9 Å². The molecule has 0 aliphatic carbocycles. The van der Waals surface area contributed by atoms with Crippen LogP contribution in [0.3, 0.4) is 0 Å². The van der Waals surface area contributed by atoms with Crippen LogP contribution < -0.4 is 10.9 Å². The summed E-state index contributed by atoms with van der Waals surface area (Å²) in [7, 11) is 0. The average Bonchev–Trinajstić information content (AvgIpc) is 3.48. The molecule has 3 heterocycles. The number of benzene rings is 1. The highest BCUT2D eigenvalue weighted by Crippen LogP contribution is 2.31. The number of amides is 2. The lowest BCUT2D eigenvalue weighted by Crippen LogP contribution is -2.43. The van der Waals surface area contributed by atoms with Crippen LogP contribution in [0.15, 0.2) is 63.6 Å². The van der Waals surface area contributed by atoms with Gasteiger partial charge in [-0.1, -0.05) is 12.1 Å². The van der Waals surface area contributed by atoms with E-state index in [9.17, 15) is 14.4 Å². The molecule has 0 atom stereocenters. The highest BCUT2D eigenvalue weighted by atomic mass is 32.1. The van der Waals surface area contributed by atoms with Gasteiger partial charge in [0.1, 0.15) is 0 Å². The van der Waals surface area contributed by atoms with E-state index in [0.29, 0.717) is 10.8 Å². The van der Waals surface area contributed by atoms with E-state index in [1.54, 1.807) is 6.07 Å². The summed E-state index contributed by atoms with van der Waals surface area (Å²) in [6.07, 6.45) is 1.32. The molecule has 3 aromatic heterocycles. The number of nitrogens with one attached hydrogen (secondary N) is 2. The molecule has 29 heavy (non-hydrogen) atoms. The van der Waals surface area contributed by atoms with Crippen molar-refractivity contribution in [3.05, 3.63) is 66.3 Å². The Balaban J connectivity index is 1.31. The number of esters is 1. The summed E-state index contributed by atoms with van der Waals surface area (Å²) in [5, 5.41) is 0.628. The monoisotopic (exact) mass is 411 g/mol. The number of fused-ring (bicyclic) bond motifs is 1. The van der Waals surface area contributed by atoms with E-state index >= 15 is 0 Å². The third kappa shape index (κ3) is 4.17. The van der Waals surface area contributed by atoms with Crippen molar-refractivity contribution in [2.45, 2.75) is 0 Å². The van der Waals surface area contributed by atoms with Gasteiger partial charge in [0.2, 0.25) is 5.76 Å². The Bertz CT molecular complexity index is 1140. The highest BCUT2D eigenvalue weighted by Gasteiger charge is 2.17. The van der Waals surface area contributed by atoms with Gasteiger partial charge in [-0.25, -0.2) is 9.78 Å². The second-order valence-electron chi connectivity index (χ2n) is 5.71. The molecule has 2 N–H and O–H groups in total. The molecule has 9 nitrogen and oxygen atoms in total. The fourth-order valence-electron chi connectivity index (χ4n) is 2.37. The zero-order valence-corrected chi connectivity index (χ0v) is 15.5. The van der Waals surface area contributed by atoms with Gasteiger partial charge in [-0.2, -0.15) is 0 Å². The summed E-state index contributed by atoms with van der Waals surface area (Å²) in [4.78, 5) is 39.9. The van der Waals surface area contributed by atoms with E-state index in [-0.39, 0.29) is 11.5 Å². The second kappa shape index (κ2) is 7.98. The molecule has 4 rings (SSSR count). The predicted octanol–water partition coefficient (Wildman–Crippen LogP) is 2.77. The number of hydrogen-bond acceptors (Lipinski definition) is 8. The van der Waals surface area contributed by atoms with E-state index in [1.807, 2.05) is 24.3 Å². The van der Waals surface area contributed by atoms with Gasteiger partial charge in [0.15, 0.2) is 23.1 Å². The van der Waals surface area contributed by atoms with E-state index < -0.39 is 24.4 Å². The SMILES string of the molecule is O=C(COC(=O)c1ccc(-c2nc3ccccc3s2)o1)NNC(=O)c1ccco1. The Morgan fingerprint density at radius 1 is 1.00 bits per heavy atom. The summed E-state index contributed by atoms with van der Waals surface area (Å²) in [6, 6.07) is 13.6. The van der Waals surface area contributed by atoms with Crippen molar-refractivity contribution in [1.82, 2.24) is 15.8 Å². The minimum Gasteiger partial charge on any atom is -0.459 e. The lowest BCUT2D eigenvalue weighted by atomic mass is 10.3. The molecule has 4 aromatic rings. The number of ether oxygens (including phenoxy) is 1. The van der Waals surface area contributed by atoms with Gasteiger partial charge in [-0.3, -0.25) is 20.4 Å². The number of thiazole rings is 1. The van der Waals surface area contributed by atoms with Crippen LogP contribution in [0, 0.1) is 0 Å². The number of hydrogen-bond donors (Lipinski definition) is 2. The molecule has 0 fully saturated rings. The Morgan fingerprint density at radius 3 is 2.66 bits per heavy atom. The van der Waals surface area contributed by atoms with Crippen molar-refractivity contribution in [2.24, 2.45) is 0 Å². The molecule has 0 unspecified atom stereocenters. The minimum atomic E-state index is -0.815. The molecule has 2 amide bonds. The zero-order valence-electron chi connectivity index (χ0n) is 14.7. The second-order valence-corrected chi connectivity index (χ2v) is 6.74. The van der Waals surface area contributed by atoms with Crippen LogP contribution in [-0.2, 0) is 9.53 Å². The molecule has 0 aliphatic heterocycles. The Kier molecular flexibility index (Phi) is 5.08. The molecule has 0 spiro atoms. The highest BCUT2D eigenvalue weighted by molar-refractivity contribution is 7.21. The number of aromatic nitrogens is 1. The lowest BCUT2D eigenvalue weighted by Gasteiger charge is -2.06. The standard InChI is InChI=1S/C19H13N3O6S/c23-16(21-22-17(24)12-5-3-9-26-12)10-27-19(25)14-8-7-13(28-14)18-20-11-4-1-2-6-15(11)29-18/h1-9H,10H2,(H,21,23)(H,22,24). The molecule has 0 radical (unpaired) electrons. The van der Waals surface area contributed by atoms with Crippen molar-refractivity contribution in [2.75, 3.05) is 6.61 Å². The summed E-state index contributed by atoms with van der Waals surface area (Å²) in [5.41, 5.74) is 5.08. The van der Waals surface area contributed by atoms with Crippen LogP contribution in [0.1, 0.15) is 21.1 Å². The first-order valence-electron chi connectivity index (χ1n) is 8.36. The number of carbonyl (C=O) groups is 3. The normalized spacial score (nSPS) is 10.6. The Hall–Kier alpha value is -3.92. The molecular weight excluding hydrogens is 398 g/mol. The number of para-hydroxylation sites is 1. The maximum Gasteiger partial charge on any atom is 0.374 e. The largest absolute Gasteiger partial charge is 0.459 e. The number of nitrogens with zero attached hydrogens (tertiary/aromatic N) is 1. The smallest absolute Gasteiger partial charge is 0.374 e. The number of carbonyl (C=O) groups excluding carboxylic acids is 3. The van der Waals surface area contributed by atoms with Crippen molar-refractivity contribution in [1.29, 1.82) is 0 Å². The molecule has 0 bridgehead atoms. The number of furan rings is 2. The van der Waals surface area contributed by atoms with Gasteiger partial charge < -0.3 is 13.6 Å². The molecule has 10 heteroatoms. The van der Waals surface area contributed by atoms with Gasteiger partial charge in [0.25, 0.3) is 5.91 Å². The first kappa shape index (κ1) is 18.4. The average molecular weight is 411 g/mol. The zero-order chi connectivity index (χ0) is 20.2. The van der Waals surface area contributed by atoms with Crippen LogP contribution in [0.4, 0.5) is 0 Å². The van der Waals surface area contributed by atoms with Gasteiger partial charge in [0.05, 0.1) is 16.5 Å². The van der Waals surface area contributed by atoms with Crippen LogP contribution >= 0.6 is 11.3 Å². The minimum absolute atomic E-state index is 0.0280. The predicted molar refractivity (Wildman–Crippen MR) is 102 cm³/mol. The summed E-state index contributed by atoms with van der Waals surface area (Å²) >= 11 is 1.43. The molecule has 0 saturated carbocycles. The molecule has 0 aliphatic rings. The maximum atomic E-state index is 12.1. The van der Waals surface area contributed by atoms with E-state index in [4.69, 9.17) is 13.6 Å². The van der Waals surface area contributed by atoms with Crippen LogP contribution in [0.2, 0.25) is 0 Å². The van der Waals surface area contributed by atoms with Crippen molar-refractivity contribution in [3.63, 3.8) is 0 Å². The molecular formula is C19H13N3O6S. The third-order valence-electron chi connectivity index (χ3n) is 3.71. The first-order chi connectivity index (χ1) is 14.1. The lowest BCUT2D eigenvalue weighted by molar-refractivity contribution is -0.125. The first-order valence-corrected chi connectivity index (χ1v) is 9.17. The van der Waals surface area contributed by atoms with E-state index in [2.05, 4.69) is 15.8 Å². The fraction of sp³-hybridized carbons (Fsp3) is 0.0526. The van der Waals surface area contributed by atoms with Crippen molar-refractivity contribution >= 4 is 39.3 Å². The Morgan fingerprint density at radius 2 is 1.86 bits per heavy atom. The summed E-state index contributed by atoms with van der Waals surface area (Å²) in [5.74, 6) is -1.79. The van der Waals surface area contributed by atoms with E-state index in [0.717, 1.165) is 10.2 Å². The van der Waals surface area contributed by atoms with Gasteiger partial charge in [-0.15, -0.1) is 11.3 Å². The summed E-state index contributed by atoms with van der Waals surface area (Å²) < 4.78 is 16.3. The van der Waals surface area contributed by atoms with Crippen LogP contribution in [0.25, 0.3) is 21.0 Å². The quantitative estimate of drug-likeness (QED) is 0.382. The summed E-state index contributed by atoms with van der Waals surface area (Å²) in [6.45, 7) is -0.603. The van der Waals surface area contributed by atoms with Crippen LogP contribution in [-0.4, -0.2) is 29.4 Å². The fourth-order valence-corrected chi connectivity index (χ4v) is 3.30. The molecule has 146 valence electrons. The van der Waals surface area contributed by atoms with Crippen molar-refractivity contribution < 1.29 is 28.0 Å².